The van der Waals surface area contributed by atoms with Crippen LogP contribution in [0, 0.1) is 0 Å². The molecule has 1 aromatic rings. The fourth-order valence-corrected chi connectivity index (χ4v) is 2.77. The van der Waals surface area contributed by atoms with Crippen LogP contribution in [0.15, 0.2) is 10.9 Å². The van der Waals surface area contributed by atoms with Gasteiger partial charge in [-0.25, -0.2) is 0 Å². The van der Waals surface area contributed by atoms with E-state index in [1.807, 2.05) is 11.8 Å². The second-order valence-electron chi connectivity index (χ2n) is 5.57. The highest BCUT2D eigenvalue weighted by molar-refractivity contribution is 5.45. The molecule has 0 spiro atoms. The third-order valence-electron chi connectivity index (χ3n) is 4.00. The van der Waals surface area contributed by atoms with Gasteiger partial charge in [0.15, 0.2) is 0 Å². The number of aromatic nitrogens is 2. The highest BCUT2D eigenvalue weighted by Gasteiger charge is 2.42. The van der Waals surface area contributed by atoms with Crippen LogP contribution in [-0.4, -0.2) is 47.6 Å². The Balaban J connectivity index is 1.93. The van der Waals surface area contributed by atoms with Crippen molar-refractivity contribution in [3.8, 4) is 0 Å². The molecule has 0 bridgehead atoms. The zero-order chi connectivity index (χ0) is 15.9. The number of alkyl halides is 3. The number of halogens is 3. The molecule has 1 saturated heterocycles. The SMILES string of the molecule is C[C@@H]1COCCN1c1cc(=O)n2c(n1)NC(C(F)(F)F)CC2. The summed E-state index contributed by atoms with van der Waals surface area (Å²) in [6, 6.07) is -0.275. The lowest BCUT2D eigenvalue weighted by Gasteiger charge is -2.35. The lowest BCUT2D eigenvalue weighted by molar-refractivity contribution is -0.145. The van der Waals surface area contributed by atoms with Crippen molar-refractivity contribution in [2.24, 2.45) is 0 Å². The number of nitrogens with zero attached hydrogens (tertiary/aromatic N) is 3. The van der Waals surface area contributed by atoms with Crippen LogP contribution in [0.4, 0.5) is 24.9 Å². The molecule has 1 unspecified atom stereocenters. The van der Waals surface area contributed by atoms with Crippen molar-refractivity contribution < 1.29 is 17.9 Å². The molecule has 0 aliphatic carbocycles. The van der Waals surface area contributed by atoms with E-state index in [0.29, 0.717) is 25.6 Å². The molecule has 3 heterocycles. The number of anilines is 2. The van der Waals surface area contributed by atoms with Gasteiger partial charge in [0.05, 0.1) is 19.3 Å². The molecule has 2 aliphatic rings. The Hall–Kier alpha value is -1.77. The minimum absolute atomic E-state index is 0.0112. The number of fused-ring (bicyclic) bond motifs is 1. The van der Waals surface area contributed by atoms with Gasteiger partial charge in [0.25, 0.3) is 5.56 Å². The number of nitrogens with one attached hydrogen (secondary N) is 1. The fourth-order valence-electron chi connectivity index (χ4n) is 2.77. The second kappa shape index (κ2) is 5.45. The van der Waals surface area contributed by atoms with Crippen LogP contribution in [0.25, 0.3) is 0 Å². The quantitative estimate of drug-likeness (QED) is 0.843. The first-order valence-electron chi connectivity index (χ1n) is 7.16. The summed E-state index contributed by atoms with van der Waals surface area (Å²) in [7, 11) is 0. The normalized spacial score (nSPS) is 25.5. The van der Waals surface area contributed by atoms with Crippen molar-refractivity contribution in [1.29, 1.82) is 0 Å². The predicted molar refractivity (Wildman–Crippen MR) is 74.2 cm³/mol. The van der Waals surface area contributed by atoms with Crippen molar-refractivity contribution in [3.63, 3.8) is 0 Å². The van der Waals surface area contributed by atoms with Gasteiger partial charge in [-0.2, -0.15) is 18.2 Å². The molecule has 122 valence electrons. The molecule has 9 heteroatoms. The van der Waals surface area contributed by atoms with Crippen LogP contribution < -0.4 is 15.8 Å². The highest BCUT2D eigenvalue weighted by Crippen LogP contribution is 2.29. The molecule has 3 rings (SSSR count). The van der Waals surface area contributed by atoms with Gasteiger partial charge in [0.2, 0.25) is 5.95 Å². The Morgan fingerprint density at radius 3 is 2.86 bits per heavy atom. The van der Waals surface area contributed by atoms with Crippen molar-refractivity contribution in [2.45, 2.75) is 38.1 Å². The smallest absolute Gasteiger partial charge is 0.377 e. The summed E-state index contributed by atoms with van der Waals surface area (Å²) in [6.07, 6.45) is -4.53. The summed E-state index contributed by atoms with van der Waals surface area (Å²) in [5.74, 6) is 0.372. The second-order valence-corrected chi connectivity index (χ2v) is 5.57. The van der Waals surface area contributed by atoms with E-state index in [4.69, 9.17) is 4.74 Å². The van der Waals surface area contributed by atoms with Crippen LogP contribution in [0.3, 0.4) is 0 Å². The largest absolute Gasteiger partial charge is 0.408 e. The van der Waals surface area contributed by atoms with Crippen LogP contribution in [0.2, 0.25) is 0 Å². The minimum Gasteiger partial charge on any atom is -0.377 e. The molecule has 1 N–H and O–H groups in total. The number of rotatable bonds is 1. The Bertz CT molecular complexity index is 616. The summed E-state index contributed by atoms with van der Waals surface area (Å²) in [5.41, 5.74) is -0.341. The Kier molecular flexibility index (Phi) is 3.75. The first-order chi connectivity index (χ1) is 10.4. The minimum atomic E-state index is -4.36. The van der Waals surface area contributed by atoms with E-state index in [0.717, 1.165) is 0 Å². The van der Waals surface area contributed by atoms with E-state index in [-0.39, 0.29) is 30.5 Å². The summed E-state index contributed by atoms with van der Waals surface area (Å²) < 4.78 is 45.1. The molecular weight excluding hydrogens is 301 g/mol. The molecule has 0 radical (unpaired) electrons. The average Bonchev–Trinajstić information content (AvgIpc) is 2.46. The van der Waals surface area contributed by atoms with Crippen LogP contribution >= 0.6 is 0 Å². The molecular formula is C13H17F3N4O2. The molecule has 1 aromatic heterocycles. The van der Waals surface area contributed by atoms with Crippen LogP contribution in [-0.2, 0) is 11.3 Å². The third kappa shape index (κ3) is 2.77. The van der Waals surface area contributed by atoms with E-state index in [9.17, 15) is 18.0 Å². The van der Waals surface area contributed by atoms with Gasteiger partial charge in [-0.05, 0) is 13.3 Å². The van der Waals surface area contributed by atoms with E-state index < -0.39 is 12.2 Å². The van der Waals surface area contributed by atoms with Gasteiger partial charge >= 0.3 is 6.18 Å². The average molecular weight is 318 g/mol. The van der Waals surface area contributed by atoms with Crippen LogP contribution in [0.1, 0.15) is 13.3 Å². The number of hydrogen-bond acceptors (Lipinski definition) is 5. The molecule has 6 nitrogen and oxygen atoms in total. The number of morpholine rings is 1. The predicted octanol–water partition coefficient (Wildman–Crippen LogP) is 1.21. The lowest BCUT2D eigenvalue weighted by atomic mass is 10.1. The Morgan fingerprint density at radius 2 is 2.18 bits per heavy atom. The van der Waals surface area contributed by atoms with E-state index in [2.05, 4.69) is 10.3 Å². The summed E-state index contributed by atoms with van der Waals surface area (Å²) >= 11 is 0. The monoisotopic (exact) mass is 318 g/mol. The molecule has 0 aromatic carbocycles. The van der Waals surface area contributed by atoms with Gasteiger partial charge in [0.1, 0.15) is 11.9 Å². The Labute approximate surface area is 124 Å². The van der Waals surface area contributed by atoms with Crippen molar-refractivity contribution in [1.82, 2.24) is 9.55 Å². The summed E-state index contributed by atoms with van der Waals surface area (Å²) in [4.78, 5) is 18.2. The molecule has 1 fully saturated rings. The maximum Gasteiger partial charge on any atom is 0.408 e. The zero-order valence-corrected chi connectivity index (χ0v) is 12.1. The number of hydrogen-bond donors (Lipinski definition) is 1. The van der Waals surface area contributed by atoms with E-state index in [1.54, 1.807) is 0 Å². The lowest BCUT2D eigenvalue weighted by Crippen LogP contribution is -2.47. The summed E-state index contributed by atoms with van der Waals surface area (Å²) in [5, 5.41) is 2.34. The van der Waals surface area contributed by atoms with Gasteiger partial charge in [-0.1, -0.05) is 0 Å². The standard InChI is InChI=1S/C13H17F3N4O2/c1-8-7-22-5-4-19(8)10-6-11(21)20-3-2-9(13(14,15)16)17-12(20)18-10/h6,8-9H,2-5,7H2,1H3,(H,17,18)/t8-,9?/m1/s1. The van der Waals surface area contributed by atoms with Crippen molar-refractivity contribution >= 4 is 11.8 Å². The number of ether oxygens (including phenoxy) is 1. The first-order valence-corrected chi connectivity index (χ1v) is 7.16. The topological polar surface area (TPSA) is 59.4 Å². The molecule has 2 atom stereocenters. The molecule has 0 amide bonds. The third-order valence-corrected chi connectivity index (χ3v) is 4.00. The fraction of sp³-hybridized carbons (Fsp3) is 0.692. The van der Waals surface area contributed by atoms with E-state index in [1.165, 1.54) is 10.6 Å². The van der Waals surface area contributed by atoms with Gasteiger partial charge in [0, 0.05) is 19.2 Å². The van der Waals surface area contributed by atoms with Gasteiger partial charge in [-0.3, -0.25) is 9.36 Å². The maximum atomic E-state index is 12.8. The van der Waals surface area contributed by atoms with Gasteiger partial charge < -0.3 is 15.0 Å². The maximum absolute atomic E-state index is 12.8. The van der Waals surface area contributed by atoms with Crippen molar-refractivity contribution in [2.75, 3.05) is 30.0 Å². The van der Waals surface area contributed by atoms with E-state index >= 15 is 0 Å². The molecule has 22 heavy (non-hydrogen) atoms. The Morgan fingerprint density at radius 1 is 1.41 bits per heavy atom. The zero-order valence-electron chi connectivity index (χ0n) is 12.1. The highest BCUT2D eigenvalue weighted by atomic mass is 19.4. The van der Waals surface area contributed by atoms with Gasteiger partial charge in [-0.15, -0.1) is 0 Å². The molecule has 0 saturated carbocycles. The van der Waals surface area contributed by atoms with Crippen LogP contribution in [0.5, 0.6) is 0 Å². The van der Waals surface area contributed by atoms with Crippen molar-refractivity contribution in [3.05, 3.63) is 16.4 Å². The first kappa shape index (κ1) is 15.1. The summed E-state index contributed by atoms with van der Waals surface area (Å²) in [6.45, 7) is 3.49. The molecule has 2 aliphatic heterocycles.